The number of halogens is 1. The number of nitrogens with one attached hydrogen (secondary N) is 2. The van der Waals surface area contributed by atoms with E-state index in [0.29, 0.717) is 6.54 Å². The minimum atomic E-state index is 0. The molecule has 0 amide bonds. The highest BCUT2D eigenvalue weighted by atomic mass is 127. The zero-order valence-corrected chi connectivity index (χ0v) is 13.5. The Balaban J connectivity index is 0.00000180. The number of aromatic nitrogens is 3. The van der Waals surface area contributed by atoms with Gasteiger partial charge in [0.2, 0.25) is 0 Å². The Morgan fingerprint density at radius 1 is 1.21 bits per heavy atom. The van der Waals surface area contributed by atoms with Gasteiger partial charge in [0.25, 0.3) is 0 Å². The van der Waals surface area contributed by atoms with E-state index in [2.05, 4.69) is 25.7 Å². The van der Waals surface area contributed by atoms with E-state index < -0.39 is 0 Å². The van der Waals surface area contributed by atoms with Gasteiger partial charge in [0, 0.05) is 25.4 Å². The summed E-state index contributed by atoms with van der Waals surface area (Å²) in [5.74, 6) is 0.817. The van der Waals surface area contributed by atoms with E-state index in [-0.39, 0.29) is 24.0 Å². The Bertz CT molecular complexity index is 528. The lowest BCUT2D eigenvalue weighted by atomic mass is 10.4. The molecule has 0 aromatic carbocycles. The standard InChI is InChI=1S/C12H18N6.HI/c1-3-13-12(14-4-2)16-9-10-5-7-15-11-6-8-17-18(10)11;/h5-8H,3-4,9H2,1-2H3,(H2,13,14,16);1H. The van der Waals surface area contributed by atoms with Gasteiger partial charge >= 0.3 is 0 Å². The van der Waals surface area contributed by atoms with Crippen molar-refractivity contribution in [1.29, 1.82) is 0 Å². The van der Waals surface area contributed by atoms with Crippen molar-refractivity contribution in [3.63, 3.8) is 0 Å². The van der Waals surface area contributed by atoms with Gasteiger partial charge in [-0.15, -0.1) is 24.0 Å². The number of rotatable bonds is 4. The molecule has 6 nitrogen and oxygen atoms in total. The van der Waals surface area contributed by atoms with Crippen molar-refractivity contribution in [2.75, 3.05) is 13.1 Å². The summed E-state index contributed by atoms with van der Waals surface area (Å²) in [5.41, 5.74) is 1.86. The minimum Gasteiger partial charge on any atom is -0.357 e. The van der Waals surface area contributed by atoms with E-state index in [1.807, 2.05) is 26.0 Å². The average molecular weight is 374 g/mol. The van der Waals surface area contributed by atoms with Gasteiger partial charge in [-0.3, -0.25) is 0 Å². The van der Waals surface area contributed by atoms with Crippen molar-refractivity contribution in [3.8, 4) is 0 Å². The summed E-state index contributed by atoms with van der Waals surface area (Å²) in [6.45, 7) is 6.35. The van der Waals surface area contributed by atoms with E-state index in [1.165, 1.54) is 0 Å². The van der Waals surface area contributed by atoms with Crippen molar-refractivity contribution in [2.24, 2.45) is 4.99 Å². The van der Waals surface area contributed by atoms with Crippen molar-refractivity contribution in [1.82, 2.24) is 25.2 Å². The molecule has 0 saturated heterocycles. The molecule has 0 bridgehead atoms. The molecule has 0 fully saturated rings. The largest absolute Gasteiger partial charge is 0.357 e. The second kappa shape index (κ2) is 7.93. The molecule has 2 aromatic heterocycles. The minimum absolute atomic E-state index is 0. The second-order valence-corrected chi connectivity index (χ2v) is 3.76. The maximum atomic E-state index is 4.51. The van der Waals surface area contributed by atoms with Crippen molar-refractivity contribution >= 4 is 35.6 Å². The van der Waals surface area contributed by atoms with Gasteiger partial charge in [-0.1, -0.05) is 0 Å². The van der Waals surface area contributed by atoms with Crippen molar-refractivity contribution in [2.45, 2.75) is 20.4 Å². The van der Waals surface area contributed by atoms with Gasteiger partial charge in [0.15, 0.2) is 11.6 Å². The molecular formula is C12H19IN6. The van der Waals surface area contributed by atoms with Crippen LogP contribution in [0.15, 0.2) is 29.5 Å². The molecule has 0 unspecified atom stereocenters. The zero-order valence-electron chi connectivity index (χ0n) is 11.1. The SMILES string of the molecule is CCNC(=NCc1ccnc2ccnn12)NCC.I. The highest BCUT2D eigenvalue weighted by Gasteiger charge is 2.01. The van der Waals surface area contributed by atoms with Crippen LogP contribution in [0.3, 0.4) is 0 Å². The summed E-state index contributed by atoms with van der Waals surface area (Å²) in [6.07, 6.45) is 3.52. The normalized spacial score (nSPS) is 9.79. The molecule has 19 heavy (non-hydrogen) atoms. The maximum absolute atomic E-state index is 4.51. The first-order valence-corrected chi connectivity index (χ1v) is 6.15. The molecule has 2 N–H and O–H groups in total. The predicted molar refractivity (Wildman–Crippen MR) is 86.9 cm³/mol. The number of fused-ring (bicyclic) bond motifs is 1. The first-order chi connectivity index (χ1) is 8.85. The zero-order chi connectivity index (χ0) is 12.8. The molecule has 0 aliphatic rings. The summed E-state index contributed by atoms with van der Waals surface area (Å²) in [5, 5.41) is 10.6. The fourth-order valence-corrected chi connectivity index (χ4v) is 1.67. The summed E-state index contributed by atoms with van der Waals surface area (Å²) in [4.78, 5) is 8.73. The predicted octanol–water partition coefficient (Wildman–Crippen LogP) is 1.42. The first kappa shape index (κ1) is 15.7. The first-order valence-electron chi connectivity index (χ1n) is 6.15. The van der Waals surface area contributed by atoms with Crippen molar-refractivity contribution < 1.29 is 0 Å². The summed E-state index contributed by atoms with van der Waals surface area (Å²) >= 11 is 0. The molecule has 7 heteroatoms. The molecule has 0 saturated carbocycles. The van der Waals surface area contributed by atoms with Crippen LogP contribution < -0.4 is 10.6 Å². The van der Waals surface area contributed by atoms with Crippen LogP contribution in [0.5, 0.6) is 0 Å². The van der Waals surface area contributed by atoms with Gasteiger partial charge < -0.3 is 10.6 Å². The van der Waals surface area contributed by atoms with E-state index in [1.54, 1.807) is 16.9 Å². The molecule has 104 valence electrons. The van der Waals surface area contributed by atoms with Gasteiger partial charge in [0.05, 0.1) is 18.4 Å². The van der Waals surface area contributed by atoms with Crippen LogP contribution in [0.25, 0.3) is 5.65 Å². The van der Waals surface area contributed by atoms with Crippen LogP contribution in [-0.2, 0) is 6.54 Å². The van der Waals surface area contributed by atoms with E-state index in [9.17, 15) is 0 Å². The molecule has 0 aliphatic heterocycles. The monoisotopic (exact) mass is 374 g/mol. The maximum Gasteiger partial charge on any atom is 0.191 e. The van der Waals surface area contributed by atoms with Gasteiger partial charge in [0.1, 0.15) is 0 Å². The summed E-state index contributed by atoms with van der Waals surface area (Å²) in [7, 11) is 0. The fourth-order valence-electron chi connectivity index (χ4n) is 1.67. The molecule has 2 heterocycles. The summed E-state index contributed by atoms with van der Waals surface area (Å²) in [6, 6.07) is 3.81. The van der Waals surface area contributed by atoms with E-state index >= 15 is 0 Å². The Hall–Kier alpha value is -1.38. The molecule has 0 aliphatic carbocycles. The van der Waals surface area contributed by atoms with E-state index in [0.717, 1.165) is 30.4 Å². The highest BCUT2D eigenvalue weighted by molar-refractivity contribution is 14.0. The third kappa shape index (κ3) is 4.05. The van der Waals surface area contributed by atoms with Crippen molar-refractivity contribution in [3.05, 3.63) is 30.2 Å². The van der Waals surface area contributed by atoms with E-state index in [4.69, 9.17) is 0 Å². The number of nitrogens with zero attached hydrogens (tertiary/aromatic N) is 4. The van der Waals surface area contributed by atoms with Gasteiger partial charge in [-0.05, 0) is 19.9 Å². The van der Waals surface area contributed by atoms with Crippen LogP contribution in [0.4, 0.5) is 0 Å². The topological polar surface area (TPSA) is 66.6 Å². The number of hydrogen-bond donors (Lipinski definition) is 2. The third-order valence-electron chi connectivity index (χ3n) is 2.46. The molecule has 0 radical (unpaired) electrons. The Morgan fingerprint density at radius 3 is 2.63 bits per heavy atom. The molecule has 0 spiro atoms. The lowest BCUT2D eigenvalue weighted by Gasteiger charge is -2.09. The van der Waals surface area contributed by atoms with Gasteiger partial charge in [-0.25, -0.2) is 14.5 Å². The quantitative estimate of drug-likeness (QED) is 0.483. The Morgan fingerprint density at radius 2 is 1.95 bits per heavy atom. The average Bonchev–Trinajstić information content (AvgIpc) is 2.85. The van der Waals surface area contributed by atoms with Crippen LogP contribution >= 0.6 is 24.0 Å². The Labute approximate surface area is 129 Å². The van der Waals surface area contributed by atoms with Crippen LogP contribution in [0.1, 0.15) is 19.5 Å². The highest BCUT2D eigenvalue weighted by Crippen LogP contribution is 2.04. The fraction of sp³-hybridized carbons (Fsp3) is 0.417. The van der Waals surface area contributed by atoms with Crippen LogP contribution in [0, 0.1) is 0 Å². The molecule has 2 rings (SSSR count). The van der Waals surface area contributed by atoms with Crippen LogP contribution in [-0.4, -0.2) is 33.6 Å². The number of aliphatic imine (C=N–C) groups is 1. The molecular weight excluding hydrogens is 355 g/mol. The smallest absolute Gasteiger partial charge is 0.191 e. The number of guanidine groups is 1. The molecule has 0 atom stereocenters. The summed E-state index contributed by atoms with van der Waals surface area (Å²) < 4.78 is 1.80. The third-order valence-corrected chi connectivity index (χ3v) is 2.46. The lowest BCUT2D eigenvalue weighted by molar-refractivity contribution is 0.803. The van der Waals surface area contributed by atoms with Crippen LogP contribution in [0.2, 0.25) is 0 Å². The lowest BCUT2D eigenvalue weighted by Crippen LogP contribution is -2.37. The molecule has 2 aromatic rings. The number of hydrogen-bond acceptors (Lipinski definition) is 3. The second-order valence-electron chi connectivity index (χ2n) is 3.76. The Kier molecular flexibility index (Phi) is 6.54. The van der Waals surface area contributed by atoms with Gasteiger partial charge in [-0.2, -0.15) is 5.10 Å².